The predicted molar refractivity (Wildman–Crippen MR) is 102 cm³/mol. The number of hydrogen-bond acceptors (Lipinski definition) is 4. The van der Waals surface area contributed by atoms with E-state index in [-0.39, 0.29) is 0 Å². The van der Waals surface area contributed by atoms with Gasteiger partial charge in [-0.1, -0.05) is 30.3 Å². The Morgan fingerprint density at radius 2 is 1.84 bits per heavy atom. The van der Waals surface area contributed by atoms with E-state index in [0.717, 1.165) is 37.2 Å². The summed E-state index contributed by atoms with van der Waals surface area (Å²) >= 11 is 0. The van der Waals surface area contributed by atoms with Gasteiger partial charge < -0.3 is 4.90 Å². The van der Waals surface area contributed by atoms with Crippen LogP contribution in [0.15, 0.2) is 42.6 Å². The number of anilines is 1. The zero-order valence-electron chi connectivity index (χ0n) is 15.3. The number of nitrogens with zero attached hydrogens (tertiary/aromatic N) is 4. The van der Waals surface area contributed by atoms with Crippen LogP contribution < -0.4 is 4.90 Å². The maximum atomic E-state index is 4.88. The summed E-state index contributed by atoms with van der Waals surface area (Å²) in [6.45, 7) is 6.87. The predicted octanol–water partition coefficient (Wildman–Crippen LogP) is 3.52. The number of benzene rings is 1. The third-order valence-electron chi connectivity index (χ3n) is 5.66. The Labute approximate surface area is 150 Å². The van der Waals surface area contributed by atoms with E-state index in [0.29, 0.717) is 12.1 Å². The Hall–Kier alpha value is -1.94. The fourth-order valence-electron chi connectivity index (χ4n) is 4.59. The minimum absolute atomic E-state index is 0.636. The number of rotatable bonds is 4. The van der Waals surface area contributed by atoms with Gasteiger partial charge in [0, 0.05) is 43.8 Å². The van der Waals surface area contributed by atoms with Gasteiger partial charge in [-0.2, -0.15) is 0 Å². The summed E-state index contributed by atoms with van der Waals surface area (Å²) in [6.07, 6.45) is 6.64. The van der Waals surface area contributed by atoms with Gasteiger partial charge in [0.25, 0.3) is 0 Å². The summed E-state index contributed by atoms with van der Waals surface area (Å²) in [5.74, 6) is 2.01. The summed E-state index contributed by atoms with van der Waals surface area (Å²) in [5, 5.41) is 0. The Kier molecular flexibility index (Phi) is 4.71. The highest BCUT2D eigenvalue weighted by atomic mass is 15.3. The van der Waals surface area contributed by atoms with Crippen LogP contribution in [0, 0.1) is 0 Å². The molecule has 1 aromatic heterocycles. The minimum atomic E-state index is 0.636. The first-order chi connectivity index (χ1) is 12.2. The van der Waals surface area contributed by atoms with Crippen LogP contribution >= 0.6 is 0 Å². The molecule has 0 saturated carbocycles. The second-order valence-electron chi connectivity index (χ2n) is 7.65. The normalized spacial score (nSPS) is 23.9. The van der Waals surface area contributed by atoms with E-state index >= 15 is 0 Å². The van der Waals surface area contributed by atoms with E-state index in [9.17, 15) is 0 Å². The monoisotopic (exact) mass is 336 g/mol. The van der Waals surface area contributed by atoms with Crippen LogP contribution in [-0.2, 0) is 6.42 Å². The third kappa shape index (κ3) is 3.54. The lowest BCUT2D eigenvalue weighted by Crippen LogP contribution is -2.43. The molecule has 0 aliphatic carbocycles. The van der Waals surface area contributed by atoms with E-state index in [1.54, 1.807) is 0 Å². The molecule has 4 nitrogen and oxygen atoms in total. The molecule has 0 radical (unpaired) electrons. The molecule has 2 atom stereocenters. The van der Waals surface area contributed by atoms with Crippen LogP contribution in [0.1, 0.15) is 44.5 Å². The van der Waals surface area contributed by atoms with Gasteiger partial charge in [0.05, 0.1) is 0 Å². The summed E-state index contributed by atoms with van der Waals surface area (Å²) in [6, 6.07) is 14.6. The minimum Gasteiger partial charge on any atom is -0.355 e. The average Bonchev–Trinajstić information content (AvgIpc) is 2.90. The number of fused-ring (bicyclic) bond motifs is 2. The smallest absolute Gasteiger partial charge is 0.135 e. The highest BCUT2D eigenvalue weighted by molar-refractivity contribution is 5.39. The van der Waals surface area contributed by atoms with E-state index in [1.165, 1.54) is 24.8 Å². The Bertz CT molecular complexity index is 700. The first kappa shape index (κ1) is 16.5. The van der Waals surface area contributed by atoms with Crippen LogP contribution in [0.5, 0.6) is 0 Å². The largest absolute Gasteiger partial charge is 0.355 e. The molecule has 4 rings (SSSR count). The average molecular weight is 336 g/mol. The van der Waals surface area contributed by atoms with Gasteiger partial charge in [-0.15, -0.1) is 0 Å². The first-order valence-electron chi connectivity index (χ1n) is 9.59. The molecule has 3 heterocycles. The molecule has 25 heavy (non-hydrogen) atoms. The van der Waals surface area contributed by atoms with Crippen LogP contribution in [0.25, 0.3) is 0 Å². The molecule has 2 aromatic rings. The first-order valence-corrected chi connectivity index (χ1v) is 9.59. The Morgan fingerprint density at radius 3 is 2.64 bits per heavy atom. The SMILES string of the molecule is CC(C)N1C2CCC1CN(c1ccnc(Cc3ccccc3)n1)CC2. The van der Waals surface area contributed by atoms with Crippen LogP contribution in [0.4, 0.5) is 5.82 Å². The lowest BCUT2D eigenvalue weighted by atomic mass is 10.1. The maximum Gasteiger partial charge on any atom is 0.135 e. The van der Waals surface area contributed by atoms with E-state index in [4.69, 9.17) is 4.98 Å². The fourth-order valence-corrected chi connectivity index (χ4v) is 4.59. The molecule has 2 fully saturated rings. The molecule has 1 aromatic carbocycles. The second-order valence-corrected chi connectivity index (χ2v) is 7.65. The molecule has 2 aliphatic heterocycles. The van der Waals surface area contributed by atoms with Gasteiger partial charge in [-0.25, -0.2) is 9.97 Å². The quantitative estimate of drug-likeness (QED) is 0.855. The highest BCUT2D eigenvalue weighted by Crippen LogP contribution is 2.33. The number of hydrogen-bond donors (Lipinski definition) is 0. The van der Waals surface area contributed by atoms with Crippen LogP contribution in [0.3, 0.4) is 0 Å². The molecular formula is C21H28N4. The maximum absolute atomic E-state index is 4.88. The Balaban J connectivity index is 1.51. The lowest BCUT2D eigenvalue weighted by molar-refractivity contribution is 0.158. The zero-order chi connectivity index (χ0) is 17.2. The van der Waals surface area contributed by atoms with Gasteiger partial charge in [-0.3, -0.25) is 4.90 Å². The topological polar surface area (TPSA) is 32.3 Å². The standard InChI is InChI=1S/C21H28N4/c1-16(2)25-18-8-9-19(25)15-24(13-11-18)21-10-12-22-20(23-21)14-17-6-4-3-5-7-17/h3-7,10,12,16,18-19H,8-9,11,13-15H2,1-2H3. The van der Waals surface area contributed by atoms with Crippen molar-refractivity contribution in [2.24, 2.45) is 0 Å². The van der Waals surface area contributed by atoms with Crippen molar-refractivity contribution < 1.29 is 0 Å². The lowest BCUT2D eigenvalue weighted by Gasteiger charge is -2.32. The molecule has 2 bridgehead atoms. The molecule has 0 amide bonds. The Morgan fingerprint density at radius 1 is 1.04 bits per heavy atom. The third-order valence-corrected chi connectivity index (χ3v) is 5.66. The van der Waals surface area contributed by atoms with Crippen molar-refractivity contribution in [2.75, 3.05) is 18.0 Å². The highest BCUT2D eigenvalue weighted by Gasteiger charge is 2.38. The van der Waals surface area contributed by atoms with Gasteiger partial charge >= 0.3 is 0 Å². The van der Waals surface area contributed by atoms with Gasteiger partial charge in [-0.05, 0) is 44.7 Å². The summed E-state index contributed by atoms with van der Waals surface area (Å²) < 4.78 is 0. The zero-order valence-corrected chi connectivity index (χ0v) is 15.3. The summed E-state index contributed by atoms with van der Waals surface area (Å²) in [5.41, 5.74) is 1.26. The van der Waals surface area contributed by atoms with Crippen molar-refractivity contribution in [3.05, 3.63) is 54.0 Å². The van der Waals surface area contributed by atoms with Crippen molar-refractivity contribution >= 4 is 5.82 Å². The van der Waals surface area contributed by atoms with Crippen LogP contribution in [-0.4, -0.2) is 46.1 Å². The van der Waals surface area contributed by atoms with Gasteiger partial charge in [0.2, 0.25) is 0 Å². The molecule has 4 heteroatoms. The van der Waals surface area contributed by atoms with E-state index in [2.05, 4.69) is 59.0 Å². The van der Waals surface area contributed by atoms with Gasteiger partial charge in [0.1, 0.15) is 11.6 Å². The van der Waals surface area contributed by atoms with Crippen molar-refractivity contribution in [3.63, 3.8) is 0 Å². The molecular weight excluding hydrogens is 308 g/mol. The van der Waals surface area contributed by atoms with Crippen molar-refractivity contribution in [3.8, 4) is 0 Å². The van der Waals surface area contributed by atoms with Crippen LogP contribution in [0.2, 0.25) is 0 Å². The van der Waals surface area contributed by atoms with Crippen molar-refractivity contribution in [1.82, 2.24) is 14.9 Å². The van der Waals surface area contributed by atoms with E-state index in [1.807, 2.05) is 12.3 Å². The second kappa shape index (κ2) is 7.12. The molecule has 0 N–H and O–H groups in total. The van der Waals surface area contributed by atoms with Crippen molar-refractivity contribution in [1.29, 1.82) is 0 Å². The summed E-state index contributed by atoms with van der Waals surface area (Å²) in [4.78, 5) is 14.6. The summed E-state index contributed by atoms with van der Waals surface area (Å²) in [7, 11) is 0. The van der Waals surface area contributed by atoms with Crippen molar-refractivity contribution in [2.45, 2.75) is 57.7 Å². The molecule has 2 saturated heterocycles. The molecule has 132 valence electrons. The molecule has 0 spiro atoms. The molecule has 2 aliphatic rings. The number of aromatic nitrogens is 2. The molecule has 2 unspecified atom stereocenters. The van der Waals surface area contributed by atoms with E-state index < -0.39 is 0 Å². The fraction of sp³-hybridized carbons (Fsp3) is 0.524. The van der Waals surface area contributed by atoms with Gasteiger partial charge in [0.15, 0.2) is 0 Å².